The Kier molecular flexibility index (Phi) is 2.88. The van der Waals surface area contributed by atoms with Crippen molar-refractivity contribution in [1.29, 1.82) is 0 Å². The molecule has 0 N–H and O–H groups in total. The Morgan fingerprint density at radius 3 is 2.78 bits per heavy atom. The third-order valence-electron chi connectivity index (χ3n) is 5.23. The summed E-state index contributed by atoms with van der Waals surface area (Å²) in [6, 6.07) is 4.46. The van der Waals surface area contributed by atoms with Gasteiger partial charge in [0.05, 0.1) is 0 Å². The second-order valence-corrected chi connectivity index (χ2v) is 7.45. The van der Waals surface area contributed by atoms with Gasteiger partial charge in [-0.25, -0.2) is 0 Å². The third-order valence-corrected chi connectivity index (χ3v) is 7.03. The highest BCUT2D eigenvalue weighted by atomic mass is 79.9. The number of aryl methyl sites for hydroxylation is 1. The summed E-state index contributed by atoms with van der Waals surface area (Å²) in [5, 5.41) is 0.922. The number of ether oxygens (including phenoxy) is 1. The summed E-state index contributed by atoms with van der Waals surface area (Å²) in [5.41, 5.74) is 2.86. The molecule has 0 spiro atoms. The average Bonchev–Trinajstić information content (AvgIpc) is 2.52. The minimum Gasteiger partial charge on any atom is -0.486 e. The van der Waals surface area contributed by atoms with Gasteiger partial charge >= 0.3 is 0 Å². The number of halogens is 2. The van der Waals surface area contributed by atoms with Crippen LogP contribution in [-0.4, -0.2) is 10.9 Å². The summed E-state index contributed by atoms with van der Waals surface area (Å²) < 4.78 is 7.60. The Balaban J connectivity index is 2.22. The van der Waals surface area contributed by atoms with Crippen molar-refractivity contribution in [2.75, 3.05) is 5.33 Å². The maximum atomic E-state index is 6.41. The zero-order valence-electron chi connectivity index (χ0n) is 11.0. The van der Waals surface area contributed by atoms with Crippen LogP contribution in [0.15, 0.2) is 16.6 Å². The van der Waals surface area contributed by atoms with Gasteiger partial charge in [0.1, 0.15) is 11.4 Å². The van der Waals surface area contributed by atoms with Crippen LogP contribution in [-0.2, 0) is 5.41 Å². The Morgan fingerprint density at radius 1 is 1.39 bits per heavy atom. The largest absolute Gasteiger partial charge is 0.486 e. The third kappa shape index (κ3) is 1.49. The Labute approximate surface area is 126 Å². The minimum absolute atomic E-state index is 0.0119. The molecule has 1 aliphatic carbocycles. The highest BCUT2D eigenvalue weighted by Crippen LogP contribution is 2.59. The van der Waals surface area contributed by atoms with Gasteiger partial charge in [0.2, 0.25) is 0 Å². The smallest absolute Gasteiger partial charge is 0.124 e. The first-order valence-electron chi connectivity index (χ1n) is 6.48. The molecule has 3 atom stereocenters. The quantitative estimate of drug-likeness (QED) is 0.631. The number of hydrogen-bond acceptors (Lipinski definition) is 1. The normalized spacial score (nSPS) is 37.3. The number of alkyl halides is 1. The first kappa shape index (κ1) is 13.0. The molecule has 18 heavy (non-hydrogen) atoms. The molecule has 0 saturated heterocycles. The van der Waals surface area contributed by atoms with E-state index in [4.69, 9.17) is 4.74 Å². The Bertz CT molecular complexity index is 513. The summed E-state index contributed by atoms with van der Waals surface area (Å²) in [7, 11) is 0. The molecular formula is C15H18Br2O. The lowest BCUT2D eigenvalue weighted by Gasteiger charge is -2.45. The molecule has 1 aromatic rings. The highest BCUT2D eigenvalue weighted by Gasteiger charge is 2.58. The highest BCUT2D eigenvalue weighted by molar-refractivity contribution is 9.10. The molecule has 0 aromatic heterocycles. The molecule has 1 heterocycles. The lowest BCUT2D eigenvalue weighted by atomic mass is 9.70. The topological polar surface area (TPSA) is 9.23 Å². The van der Waals surface area contributed by atoms with Crippen molar-refractivity contribution in [3.63, 3.8) is 0 Å². The van der Waals surface area contributed by atoms with Crippen LogP contribution in [0.25, 0.3) is 0 Å². The van der Waals surface area contributed by atoms with Crippen LogP contribution in [0.2, 0.25) is 0 Å². The van der Waals surface area contributed by atoms with Crippen LogP contribution < -0.4 is 4.74 Å². The van der Waals surface area contributed by atoms with Gasteiger partial charge in [0, 0.05) is 26.7 Å². The van der Waals surface area contributed by atoms with Crippen molar-refractivity contribution in [3.05, 3.63) is 27.7 Å². The summed E-state index contributed by atoms with van der Waals surface area (Å²) in [6.45, 7) is 6.85. The van der Waals surface area contributed by atoms with E-state index in [9.17, 15) is 0 Å². The van der Waals surface area contributed by atoms with Crippen molar-refractivity contribution >= 4 is 31.9 Å². The van der Waals surface area contributed by atoms with E-state index in [1.807, 2.05) is 0 Å². The van der Waals surface area contributed by atoms with Crippen LogP contribution in [0.4, 0.5) is 0 Å². The van der Waals surface area contributed by atoms with Gasteiger partial charge in [0.15, 0.2) is 0 Å². The summed E-state index contributed by atoms with van der Waals surface area (Å²) >= 11 is 7.32. The van der Waals surface area contributed by atoms with E-state index in [0.717, 1.165) is 17.5 Å². The minimum atomic E-state index is -0.0119. The van der Waals surface area contributed by atoms with Crippen LogP contribution in [0, 0.1) is 12.8 Å². The second-order valence-electron chi connectivity index (χ2n) is 6.04. The Hall–Kier alpha value is -0.0200. The van der Waals surface area contributed by atoms with Gasteiger partial charge in [-0.1, -0.05) is 45.7 Å². The maximum Gasteiger partial charge on any atom is 0.124 e. The standard InChI is InChI=1S/C15H18Br2O/c1-9-6-13-11(7-12(9)17)14(3)4-5-15(8-16,18-13)10(14)2/h6-7,10H,4-5,8H2,1-3H3/t10-,14-,15-/m0/s1. The molecule has 0 amide bonds. The maximum absolute atomic E-state index is 6.41. The van der Waals surface area contributed by atoms with Crippen LogP contribution >= 0.6 is 31.9 Å². The molecule has 98 valence electrons. The molecule has 3 heteroatoms. The molecule has 2 aliphatic rings. The number of fused-ring (bicyclic) bond motifs is 4. The zero-order valence-corrected chi connectivity index (χ0v) is 14.2. The molecule has 1 aliphatic heterocycles. The van der Waals surface area contributed by atoms with Crippen molar-refractivity contribution in [2.24, 2.45) is 5.92 Å². The fraction of sp³-hybridized carbons (Fsp3) is 0.600. The molecule has 1 fully saturated rings. The lowest BCUT2D eigenvalue weighted by Crippen LogP contribution is -2.49. The number of benzene rings is 1. The predicted octanol–water partition coefficient (Wildman–Crippen LogP) is 4.97. The fourth-order valence-corrected chi connectivity index (χ4v) is 4.83. The van der Waals surface area contributed by atoms with Crippen molar-refractivity contribution in [3.8, 4) is 5.75 Å². The van der Waals surface area contributed by atoms with Gasteiger partial charge in [-0.15, -0.1) is 0 Å². The van der Waals surface area contributed by atoms with Crippen LogP contribution in [0.1, 0.15) is 37.8 Å². The van der Waals surface area contributed by atoms with Crippen LogP contribution in [0.3, 0.4) is 0 Å². The van der Waals surface area contributed by atoms with E-state index in [1.54, 1.807) is 0 Å². The summed E-state index contributed by atoms with van der Waals surface area (Å²) in [4.78, 5) is 0. The Morgan fingerprint density at radius 2 is 2.11 bits per heavy atom. The van der Waals surface area contributed by atoms with Crippen molar-refractivity contribution in [2.45, 2.75) is 44.6 Å². The first-order valence-corrected chi connectivity index (χ1v) is 8.40. The zero-order chi connectivity index (χ0) is 13.1. The number of hydrogen-bond donors (Lipinski definition) is 0. The molecule has 2 bridgehead atoms. The molecule has 1 aromatic carbocycles. The number of rotatable bonds is 1. The van der Waals surface area contributed by atoms with E-state index in [1.165, 1.54) is 22.0 Å². The molecule has 3 rings (SSSR count). The first-order chi connectivity index (χ1) is 8.43. The SMILES string of the molecule is Cc1cc2c(cc1Br)[C@@]1(C)CC[C@@](CBr)(O2)[C@H]1C. The van der Waals surface area contributed by atoms with Gasteiger partial charge in [-0.3, -0.25) is 0 Å². The lowest BCUT2D eigenvalue weighted by molar-refractivity contribution is 0.0271. The van der Waals surface area contributed by atoms with Gasteiger partial charge in [-0.05, 0) is 37.5 Å². The summed E-state index contributed by atoms with van der Waals surface area (Å²) in [5.74, 6) is 1.64. The molecule has 1 saturated carbocycles. The molecule has 1 nitrogen and oxygen atoms in total. The van der Waals surface area contributed by atoms with E-state index >= 15 is 0 Å². The second kappa shape index (κ2) is 3.99. The van der Waals surface area contributed by atoms with E-state index in [0.29, 0.717) is 5.92 Å². The fourth-order valence-electron chi connectivity index (χ4n) is 3.61. The molecular weight excluding hydrogens is 356 g/mol. The molecule has 0 radical (unpaired) electrons. The monoisotopic (exact) mass is 372 g/mol. The van der Waals surface area contributed by atoms with Crippen molar-refractivity contribution in [1.82, 2.24) is 0 Å². The van der Waals surface area contributed by atoms with Crippen LogP contribution in [0.5, 0.6) is 5.75 Å². The van der Waals surface area contributed by atoms with E-state index < -0.39 is 0 Å². The van der Waals surface area contributed by atoms with E-state index in [-0.39, 0.29) is 11.0 Å². The van der Waals surface area contributed by atoms with E-state index in [2.05, 4.69) is 64.8 Å². The van der Waals surface area contributed by atoms with Gasteiger partial charge in [0.25, 0.3) is 0 Å². The predicted molar refractivity (Wildman–Crippen MR) is 81.8 cm³/mol. The van der Waals surface area contributed by atoms with Gasteiger partial charge < -0.3 is 4.74 Å². The molecule has 0 unspecified atom stereocenters. The summed E-state index contributed by atoms with van der Waals surface area (Å²) in [6.07, 6.45) is 2.35. The van der Waals surface area contributed by atoms with Gasteiger partial charge in [-0.2, -0.15) is 0 Å². The van der Waals surface area contributed by atoms with Crippen molar-refractivity contribution < 1.29 is 4.74 Å². The average molecular weight is 374 g/mol.